The van der Waals surface area contributed by atoms with Crippen LogP contribution in [-0.2, 0) is 11.3 Å². The third kappa shape index (κ3) is 3.51. The highest BCUT2D eigenvalue weighted by Gasteiger charge is 2.20. The first-order chi connectivity index (χ1) is 8.65. The first-order valence-corrected chi connectivity index (χ1v) is 6.24. The largest absolute Gasteiger partial charge is 0.374 e. The maximum atomic E-state index is 10.5. The molecule has 0 saturated carbocycles. The van der Waals surface area contributed by atoms with Crippen molar-refractivity contribution in [1.82, 2.24) is 5.32 Å². The smallest absolute Gasteiger partial charge is 0.269 e. The lowest BCUT2D eigenvalue weighted by molar-refractivity contribution is -0.384. The van der Waals surface area contributed by atoms with Crippen molar-refractivity contribution in [2.24, 2.45) is 0 Å². The quantitative estimate of drug-likeness (QED) is 0.643. The summed E-state index contributed by atoms with van der Waals surface area (Å²) in [7, 11) is 0. The summed E-state index contributed by atoms with van der Waals surface area (Å²) in [6, 6.07) is 6.63. The minimum Gasteiger partial charge on any atom is -0.374 e. The van der Waals surface area contributed by atoms with Crippen LogP contribution in [0.25, 0.3) is 0 Å². The average Bonchev–Trinajstić information content (AvgIpc) is 2.76. The summed E-state index contributed by atoms with van der Waals surface area (Å²) in [6.45, 7) is 3.64. The second-order valence-corrected chi connectivity index (χ2v) is 4.70. The molecular formula is C13H18N2O3. The van der Waals surface area contributed by atoms with Crippen LogP contribution in [0.5, 0.6) is 0 Å². The van der Waals surface area contributed by atoms with Crippen molar-refractivity contribution < 1.29 is 9.66 Å². The molecule has 2 atom stereocenters. The highest BCUT2D eigenvalue weighted by molar-refractivity contribution is 5.32. The van der Waals surface area contributed by atoms with E-state index < -0.39 is 0 Å². The molecule has 5 nitrogen and oxygen atoms in total. The number of nitrogens with one attached hydrogen (secondary N) is 1. The van der Waals surface area contributed by atoms with Gasteiger partial charge in [-0.2, -0.15) is 0 Å². The van der Waals surface area contributed by atoms with Crippen LogP contribution in [0.2, 0.25) is 0 Å². The lowest BCUT2D eigenvalue weighted by Gasteiger charge is -2.12. The Bertz CT molecular complexity index is 405. The number of nitro benzene ring substituents is 1. The summed E-state index contributed by atoms with van der Waals surface area (Å²) in [5.41, 5.74) is 1.18. The number of hydrogen-bond donors (Lipinski definition) is 1. The van der Waals surface area contributed by atoms with Gasteiger partial charge in [-0.3, -0.25) is 10.1 Å². The summed E-state index contributed by atoms with van der Waals surface area (Å²) in [6.07, 6.45) is 2.91. The molecule has 1 aliphatic heterocycles. The maximum Gasteiger partial charge on any atom is 0.269 e. The highest BCUT2D eigenvalue weighted by Crippen LogP contribution is 2.18. The zero-order chi connectivity index (χ0) is 13.0. The normalized spacial score (nSPS) is 23.2. The molecule has 1 heterocycles. The van der Waals surface area contributed by atoms with E-state index in [9.17, 15) is 10.1 Å². The molecule has 1 fully saturated rings. The van der Waals surface area contributed by atoms with E-state index in [2.05, 4.69) is 12.2 Å². The fraction of sp³-hybridized carbons (Fsp3) is 0.538. The van der Waals surface area contributed by atoms with Gasteiger partial charge in [-0.1, -0.05) is 12.1 Å². The van der Waals surface area contributed by atoms with Crippen LogP contribution in [-0.4, -0.2) is 23.7 Å². The van der Waals surface area contributed by atoms with E-state index >= 15 is 0 Å². The van der Waals surface area contributed by atoms with Gasteiger partial charge >= 0.3 is 0 Å². The summed E-state index contributed by atoms with van der Waals surface area (Å²) in [5.74, 6) is 0. The van der Waals surface area contributed by atoms with Crippen LogP contribution in [0.3, 0.4) is 0 Å². The molecule has 2 unspecified atom stereocenters. The standard InChI is InChI=1S/C13H18N2O3/c1-10-2-7-13(18-10)9-14-8-11-3-5-12(6-4-11)15(16)17/h3-6,10,13-14H,2,7-9H2,1H3. The number of nitro groups is 1. The van der Waals surface area contributed by atoms with E-state index in [0.29, 0.717) is 18.8 Å². The minimum atomic E-state index is -0.384. The lowest BCUT2D eigenvalue weighted by atomic mass is 10.2. The second-order valence-electron chi connectivity index (χ2n) is 4.70. The van der Waals surface area contributed by atoms with Crippen molar-refractivity contribution in [3.8, 4) is 0 Å². The van der Waals surface area contributed by atoms with Crippen LogP contribution >= 0.6 is 0 Å². The SMILES string of the molecule is CC1CCC(CNCc2ccc([N+](=O)[O-])cc2)O1. The van der Waals surface area contributed by atoms with E-state index in [1.54, 1.807) is 12.1 Å². The summed E-state index contributed by atoms with van der Waals surface area (Å²) >= 11 is 0. The number of ether oxygens (including phenoxy) is 1. The number of non-ortho nitro benzene ring substituents is 1. The minimum absolute atomic E-state index is 0.131. The van der Waals surface area contributed by atoms with Crippen molar-refractivity contribution in [3.05, 3.63) is 39.9 Å². The Morgan fingerprint density at radius 3 is 2.67 bits per heavy atom. The Labute approximate surface area is 106 Å². The fourth-order valence-corrected chi connectivity index (χ4v) is 2.15. The first-order valence-electron chi connectivity index (χ1n) is 6.24. The Morgan fingerprint density at radius 1 is 1.39 bits per heavy atom. The van der Waals surface area contributed by atoms with Crippen molar-refractivity contribution in [2.75, 3.05) is 6.54 Å². The molecule has 0 aliphatic carbocycles. The van der Waals surface area contributed by atoms with Crippen molar-refractivity contribution in [2.45, 2.75) is 38.5 Å². The molecule has 1 aliphatic rings. The molecular weight excluding hydrogens is 232 g/mol. The van der Waals surface area contributed by atoms with Gasteiger partial charge in [0.1, 0.15) is 0 Å². The summed E-state index contributed by atoms with van der Waals surface area (Å²) in [4.78, 5) is 10.1. The van der Waals surface area contributed by atoms with Gasteiger partial charge in [0.25, 0.3) is 5.69 Å². The third-order valence-corrected chi connectivity index (χ3v) is 3.17. The van der Waals surface area contributed by atoms with E-state index in [-0.39, 0.29) is 10.6 Å². The van der Waals surface area contributed by atoms with Crippen molar-refractivity contribution >= 4 is 5.69 Å². The van der Waals surface area contributed by atoms with Crippen molar-refractivity contribution in [1.29, 1.82) is 0 Å². The molecule has 1 aromatic carbocycles. The summed E-state index contributed by atoms with van der Waals surface area (Å²) < 4.78 is 5.70. The van der Waals surface area contributed by atoms with E-state index in [1.807, 2.05) is 0 Å². The number of nitrogens with zero attached hydrogens (tertiary/aromatic N) is 1. The van der Waals surface area contributed by atoms with E-state index in [4.69, 9.17) is 4.74 Å². The van der Waals surface area contributed by atoms with Crippen LogP contribution in [0, 0.1) is 10.1 Å². The van der Waals surface area contributed by atoms with E-state index in [0.717, 1.165) is 24.9 Å². The number of benzene rings is 1. The molecule has 1 N–H and O–H groups in total. The number of hydrogen-bond acceptors (Lipinski definition) is 4. The predicted octanol–water partition coefficient (Wildman–Crippen LogP) is 2.25. The highest BCUT2D eigenvalue weighted by atomic mass is 16.6. The van der Waals surface area contributed by atoms with Gasteiger partial charge in [-0.25, -0.2) is 0 Å². The van der Waals surface area contributed by atoms with Gasteiger partial charge in [0.15, 0.2) is 0 Å². The molecule has 1 saturated heterocycles. The predicted molar refractivity (Wildman–Crippen MR) is 68.4 cm³/mol. The maximum absolute atomic E-state index is 10.5. The zero-order valence-corrected chi connectivity index (χ0v) is 10.5. The average molecular weight is 250 g/mol. The van der Waals surface area contributed by atoms with Gasteiger partial charge in [-0.05, 0) is 25.3 Å². The van der Waals surface area contributed by atoms with E-state index in [1.165, 1.54) is 12.1 Å². The molecule has 1 aromatic rings. The molecule has 5 heteroatoms. The molecule has 0 bridgehead atoms. The lowest BCUT2D eigenvalue weighted by Crippen LogP contribution is -2.26. The molecule has 0 aromatic heterocycles. The van der Waals surface area contributed by atoms with Crippen LogP contribution in [0.4, 0.5) is 5.69 Å². The Hall–Kier alpha value is -1.46. The van der Waals surface area contributed by atoms with Crippen LogP contribution in [0.15, 0.2) is 24.3 Å². The van der Waals surface area contributed by atoms with Crippen molar-refractivity contribution in [3.63, 3.8) is 0 Å². The molecule has 18 heavy (non-hydrogen) atoms. The van der Waals surface area contributed by atoms with Gasteiger partial charge in [0.2, 0.25) is 0 Å². The molecule has 0 radical (unpaired) electrons. The topological polar surface area (TPSA) is 64.4 Å². The molecule has 2 rings (SSSR count). The third-order valence-electron chi connectivity index (χ3n) is 3.17. The van der Waals surface area contributed by atoms with Gasteiger partial charge < -0.3 is 10.1 Å². The monoisotopic (exact) mass is 250 g/mol. The Morgan fingerprint density at radius 2 is 2.11 bits per heavy atom. The van der Waals surface area contributed by atoms with Gasteiger partial charge in [0.05, 0.1) is 17.1 Å². The second kappa shape index (κ2) is 5.93. The molecule has 0 amide bonds. The zero-order valence-electron chi connectivity index (χ0n) is 10.5. The van der Waals surface area contributed by atoms with Gasteiger partial charge in [0, 0.05) is 25.2 Å². The number of rotatable bonds is 5. The molecule has 0 spiro atoms. The Kier molecular flexibility index (Phi) is 4.28. The van der Waals surface area contributed by atoms with Crippen LogP contribution in [0.1, 0.15) is 25.3 Å². The Balaban J connectivity index is 1.75. The summed E-state index contributed by atoms with van der Waals surface area (Å²) in [5, 5.41) is 13.8. The molecule has 98 valence electrons. The first kappa shape index (κ1) is 13.0. The fourth-order valence-electron chi connectivity index (χ4n) is 2.15. The van der Waals surface area contributed by atoms with Gasteiger partial charge in [-0.15, -0.1) is 0 Å². The van der Waals surface area contributed by atoms with Crippen LogP contribution < -0.4 is 5.32 Å².